The van der Waals surface area contributed by atoms with Crippen molar-refractivity contribution in [1.29, 1.82) is 0 Å². The fraction of sp³-hybridized carbons (Fsp3) is 0.286. The molecule has 11 nitrogen and oxygen atoms in total. The van der Waals surface area contributed by atoms with Crippen LogP contribution in [0, 0.1) is 13.8 Å². The van der Waals surface area contributed by atoms with Gasteiger partial charge in [0.25, 0.3) is 5.91 Å². The molecule has 1 aromatic carbocycles. The van der Waals surface area contributed by atoms with E-state index in [1.807, 2.05) is 20.8 Å². The van der Waals surface area contributed by atoms with Gasteiger partial charge in [0.15, 0.2) is 0 Å². The lowest BCUT2D eigenvalue weighted by Gasteiger charge is -2.10. The number of anilines is 1. The normalized spacial score (nSPS) is 11.2. The fourth-order valence-electron chi connectivity index (χ4n) is 3.44. The zero-order valence-electron chi connectivity index (χ0n) is 18.0. The summed E-state index contributed by atoms with van der Waals surface area (Å²) in [6.45, 7) is 6.52. The molecule has 0 saturated heterocycles. The molecule has 3 amide bonds. The fourth-order valence-corrected chi connectivity index (χ4v) is 3.44. The summed E-state index contributed by atoms with van der Waals surface area (Å²) in [6, 6.07) is 4.94. The van der Waals surface area contributed by atoms with Crippen LogP contribution in [0.4, 0.5) is 10.7 Å². The molecule has 0 radical (unpaired) electrons. The summed E-state index contributed by atoms with van der Waals surface area (Å²) in [7, 11) is 0. The second kappa shape index (κ2) is 9.33. The monoisotopic (exact) mass is 439 g/mol. The van der Waals surface area contributed by atoms with Gasteiger partial charge < -0.3 is 20.7 Å². The molecule has 11 heteroatoms. The van der Waals surface area contributed by atoms with E-state index in [1.165, 1.54) is 0 Å². The van der Waals surface area contributed by atoms with Crippen LogP contribution in [0.3, 0.4) is 0 Å². The van der Waals surface area contributed by atoms with E-state index in [4.69, 9.17) is 10.8 Å². The molecule has 0 bridgehead atoms. The molecule has 0 saturated carbocycles. The van der Waals surface area contributed by atoms with Crippen molar-refractivity contribution in [3.05, 3.63) is 52.9 Å². The molecular weight excluding hydrogens is 414 g/mol. The average molecular weight is 439 g/mol. The number of rotatable bonds is 8. The molecule has 3 rings (SSSR count). The number of aromatic nitrogens is 4. The maximum absolute atomic E-state index is 13.0. The summed E-state index contributed by atoms with van der Waals surface area (Å²) in [5.41, 5.74) is 8.86. The Bertz CT molecular complexity index is 1220. The van der Waals surface area contributed by atoms with E-state index in [0.717, 1.165) is 16.8 Å². The largest absolute Gasteiger partial charge is 0.465 e. The number of carbonyl (C=O) groups excluding carboxylic acids is 2. The molecule has 0 aliphatic heterocycles. The predicted molar refractivity (Wildman–Crippen MR) is 119 cm³/mol. The van der Waals surface area contributed by atoms with Gasteiger partial charge in [0, 0.05) is 25.2 Å². The van der Waals surface area contributed by atoms with Crippen LogP contribution < -0.4 is 16.4 Å². The van der Waals surface area contributed by atoms with E-state index in [9.17, 15) is 14.4 Å². The van der Waals surface area contributed by atoms with E-state index in [0.29, 0.717) is 29.9 Å². The third-order valence-corrected chi connectivity index (χ3v) is 4.80. The molecule has 32 heavy (non-hydrogen) atoms. The minimum absolute atomic E-state index is 0.142. The molecule has 0 atom stereocenters. The number of aryl methyl sites for hydroxylation is 3. The smallest absolute Gasteiger partial charge is 0.404 e. The van der Waals surface area contributed by atoms with Gasteiger partial charge in [-0.05, 0) is 44.5 Å². The minimum atomic E-state index is -1.12. The second-order valence-electron chi connectivity index (χ2n) is 7.17. The minimum Gasteiger partial charge on any atom is -0.465 e. The molecular formula is C21H25N7O4. The van der Waals surface area contributed by atoms with Crippen molar-refractivity contribution in [2.75, 3.05) is 11.9 Å². The van der Waals surface area contributed by atoms with Crippen molar-refractivity contribution >= 4 is 34.9 Å². The van der Waals surface area contributed by atoms with Gasteiger partial charge in [0.1, 0.15) is 5.69 Å². The molecule has 0 fully saturated rings. The molecule has 0 aliphatic carbocycles. The highest BCUT2D eigenvalue weighted by atomic mass is 16.4. The van der Waals surface area contributed by atoms with E-state index in [-0.39, 0.29) is 18.4 Å². The topological polar surface area (TPSA) is 157 Å². The van der Waals surface area contributed by atoms with Crippen LogP contribution in [0.2, 0.25) is 0 Å². The van der Waals surface area contributed by atoms with Crippen molar-refractivity contribution in [2.45, 2.75) is 33.9 Å². The summed E-state index contributed by atoms with van der Waals surface area (Å²) in [6.07, 6.45) is 2.30. The van der Waals surface area contributed by atoms with E-state index in [1.54, 1.807) is 39.6 Å². The number of allylic oxidation sites excluding steroid dienone is 1. The number of amides is 3. The molecule has 5 N–H and O–H groups in total. The van der Waals surface area contributed by atoms with Gasteiger partial charge in [0.2, 0.25) is 11.9 Å². The third kappa shape index (κ3) is 4.77. The van der Waals surface area contributed by atoms with Gasteiger partial charge in [-0.2, -0.15) is 5.10 Å². The number of hydrogen-bond acceptors (Lipinski definition) is 5. The quantitative estimate of drug-likeness (QED) is 0.393. The highest BCUT2D eigenvalue weighted by molar-refractivity contribution is 6.03. The zero-order chi connectivity index (χ0) is 23.4. The summed E-state index contributed by atoms with van der Waals surface area (Å²) < 4.78 is 3.38. The van der Waals surface area contributed by atoms with Gasteiger partial charge in [-0.1, -0.05) is 12.2 Å². The summed E-state index contributed by atoms with van der Waals surface area (Å²) in [4.78, 5) is 39.8. The van der Waals surface area contributed by atoms with Crippen LogP contribution in [-0.4, -0.2) is 48.9 Å². The van der Waals surface area contributed by atoms with Crippen molar-refractivity contribution in [3.63, 3.8) is 0 Å². The average Bonchev–Trinajstić information content (AvgIpc) is 3.27. The molecule has 2 heterocycles. The van der Waals surface area contributed by atoms with Crippen LogP contribution in [0.5, 0.6) is 0 Å². The molecule has 3 aromatic rings. The Labute approximate surface area is 183 Å². The Morgan fingerprint density at radius 3 is 2.59 bits per heavy atom. The van der Waals surface area contributed by atoms with E-state index >= 15 is 0 Å². The number of carbonyl (C=O) groups is 3. The highest BCUT2D eigenvalue weighted by Gasteiger charge is 2.19. The molecule has 168 valence electrons. The van der Waals surface area contributed by atoms with Crippen LogP contribution in [0.25, 0.3) is 11.0 Å². The maximum Gasteiger partial charge on any atom is 0.404 e. The lowest BCUT2D eigenvalue weighted by Crippen LogP contribution is -2.21. The standard InChI is InChI=1S/C21H25N7O4/c1-4-28-16(10-13(3)26-28)19(30)25-20-24-15-11-14(18(22)29)9-12(2)17(15)27(20)8-6-5-7-23-21(31)32/h5-6,9-11,23H,4,7-8H2,1-3H3,(H2,22,29)(H,31,32)(H,24,25,30). The van der Waals surface area contributed by atoms with Crippen molar-refractivity contribution in [1.82, 2.24) is 24.6 Å². The Morgan fingerprint density at radius 1 is 1.19 bits per heavy atom. The third-order valence-electron chi connectivity index (χ3n) is 4.80. The van der Waals surface area contributed by atoms with Crippen LogP contribution >= 0.6 is 0 Å². The van der Waals surface area contributed by atoms with Crippen LogP contribution in [0.15, 0.2) is 30.4 Å². The first-order valence-electron chi connectivity index (χ1n) is 9.99. The Hall–Kier alpha value is -4.15. The number of carboxylic acid groups (broad SMARTS) is 1. The number of hydrogen-bond donors (Lipinski definition) is 4. The molecule has 0 spiro atoms. The zero-order valence-corrected chi connectivity index (χ0v) is 18.0. The van der Waals surface area contributed by atoms with Gasteiger partial charge in [0.05, 0.1) is 16.7 Å². The first kappa shape index (κ1) is 22.5. The number of primary amides is 1. The van der Waals surface area contributed by atoms with Crippen LogP contribution in [0.1, 0.15) is 39.0 Å². The van der Waals surface area contributed by atoms with Gasteiger partial charge in [-0.15, -0.1) is 0 Å². The molecule has 2 aromatic heterocycles. The second-order valence-corrected chi connectivity index (χ2v) is 7.17. The van der Waals surface area contributed by atoms with Gasteiger partial charge in [-0.25, -0.2) is 9.78 Å². The SMILES string of the molecule is CCn1nc(C)cc1C(=O)Nc1nc2cc(C(N)=O)cc(C)c2n1CC=CCNC(=O)O. The van der Waals surface area contributed by atoms with E-state index in [2.05, 4.69) is 20.7 Å². The van der Waals surface area contributed by atoms with Crippen molar-refractivity contribution in [2.24, 2.45) is 5.73 Å². The highest BCUT2D eigenvalue weighted by Crippen LogP contribution is 2.25. The number of nitrogens with two attached hydrogens (primary N) is 1. The Kier molecular flexibility index (Phi) is 6.57. The Balaban J connectivity index is 2.00. The summed E-state index contributed by atoms with van der Waals surface area (Å²) in [5, 5.41) is 18.1. The molecule has 0 unspecified atom stereocenters. The van der Waals surface area contributed by atoms with Gasteiger partial charge in [-0.3, -0.25) is 19.6 Å². The lowest BCUT2D eigenvalue weighted by atomic mass is 10.1. The lowest BCUT2D eigenvalue weighted by molar-refractivity contribution is 0.0996. The Morgan fingerprint density at radius 2 is 1.94 bits per heavy atom. The van der Waals surface area contributed by atoms with Crippen molar-refractivity contribution < 1.29 is 19.5 Å². The summed E-state index contributed by atoms with van der Waals surface area (Å²) >= 11 is 0. The van der Waals surface area contributed by atoms with Crippen molar-refractivity contribution in [3.8, 4) is 0 Å². The number of benzene rings is 1. The predicted octanol–water partition coefficient (Wildman–Crippen LogP) is 2.04. The molecule has 0 aliphatic rings. The van der Waals surface area contributed by atoms with E-state index < -0.39 is 12.0 Å². The summed E-state index contributed by atoms with van der Waals surface area (Å²) in [5.74, 6) is -0.655. The number of imidazole rings is 1. The number of nitrogens with one attached hydrogen (secondary N) is 2. The van der Waals surface area contributed by atoms with Crippen LogP contribution in [-0.2, 0) is 13.1 Å². The first-order valence-corrected chi connectivity index (χ1v) is 9.99. The maximum atomic E-state index is 13.0. The number of fused-ring (bicyclic) bond motifs is 1. The number of nitrogens with zero attached hydrogens (tertiary/aromatic N) is 4. The van der Waals surface area contributed by atoms with Gasteiger partial charge >= 0.3 is 6.09 Å². The first-order chi connectivity index (χ1) is 15.2.